The van der Waals surface area contributed by atoms with Crippen LogP contribution in [0.1, 0.15) is 119 Å². The van der Waals surface area contributed by atoms with E-state index in [0.29, 0.717) is 30.6 Å². The summed E-state index contributed by atoms with van der Waals surface area (Å²) >= 11 is 0. The highest BCUT2D eigenvalue weighted by Crippen LogP contribution is 2.76. The summed E-state index contributed by atoms with van der Waals surface area (Å²) in [6.45, 7) is 11.2. The molecule has 11 aliphatic rings. The molecule has 6 heterocycles. The molecule has 6 aliphatic heterocycles. The third-order valence-electron chi connectivity index (χ3n) is 26.9. The topological polar surface area (TPSA) is 545 Å². The van der Waals surface area contributed by atoms with Crippen molar-refractivity contribution in [1.82, 2.24) is 0 Å². The maximum absolute atomic E-state index is 16.4. The first-order valence-electron chi connectivity index (χ1n) is 38.0. The summed E-state index contributed by atoms with van der Waals surface area (Å²) in [5, 5.41) is 200. The van der Waals surface area contributed by atoms with Gasteiger partial charge in [0, 0.05) is 11.5 Å². The van der Waals surface area contributed by atoms with Gasteiger partial charge in [-0.3, -0.25) is 9.59 Å². The van der Waals surface area contributed by atoms with Gasteiger partial charge in [0.05, 0.1) is 68.8 Å². The minimum absolute atomic E-state index is 0.0281. The van der Waals surface area contributed by atoms with Crippen LogP contribution in [0.5, 0.6) is 5.75 Å². The Bertz CT molecular complexity index is 3420. The van der Waals surface area contributed by atoms with E-state index in [1.54, 1.807) is 24.3 Å². The molecule has 0 radical (unpaired) electrons. The van der Waals surface area contributed by atoms with Crippen molar-refractivity contribution in [2.45, 2.75) is 304 Å². The number of carboxylic acid groups (broad SMARTS) is 1. The van der Waals surface area contributed by atoms with Gasteiger partial charge in [0.15, 0.2) is 43.7 Å². The van der Waals surface area contributed by atoms with Crippen molar-refractivity contribution in [3.8, 4) is 5.75 Å². The van der Waals surface area contributed by atoms with Crippen molar-refractivity contribution in [2.24, 2.45) is 50.2 Å². The molecule has 12 rings (SSSR count). The molecule has 10 fully saturated rings. The van der Waals surface area contributed by atoms with E-state index in [1.165, 1.54) is 40.9 Å². The van der Waals surface area contributed by atoms with Crippen molar-refractivity contribution in [3.05, 3.63) is 47.6 Å². The zero-order valence-corrected chi connectivity index (χ0v) is 62.9. The number of carbonyl (C=O) groups excluding carboxylic acids is 2. The molecule has 4 saturated carbocycles. The first kappa shape index (κ1) is 85.2. The minimum atomic E-state index is -2.18. The van der Waals surface area contributed by atoms with E-state index in [4.69, 9.17) is 66.3 Å². The average molecular weight is 1570 g/mol. The first-order valence-corrected chi connectivity index (χ1v) is 38.0. The first-order chi connectivity index (χ1) is 51.8. The number of fused-ring (bicyclic) bond motifs is 7. The molecule has 1 aromatic carbocycles. The summed E-state index contributed by atoms with van der Waals surface area (Å²) in [5.41, 5.74) is -5.40. The van der Waals surface area contributed by atoms with Crippen molar-refractivity contribution in [1.29, 1.82) is 0 Å². The van der Waals surface area contributed by atoms with Crippen LogP contribution in [-0.4, -0.2) is 334 Å². The van der Waals surface area contributed by atoms with Gasteiger partial charge in [0.25, 0.3) is 0 Å². The van der Waals surface area contributed by atoms with Gasteiger partial charge in [-0.1, -0.05) is 51.5 Å². The quantitative estimate of drug-likeness (QED) is 0.0262. The number of aliphatic carboxylic acids is 1. The Hall–Kier alpha value is -4.21. The Morgan fingerprint density at radius 1 is 0.527 bits per heavy atom. The van der Waals surface area contributed by atoms with Crippen LogP contribution < -0.4 is 4.74 Å². The van der Waals surface area contributed by atoms with E-state index in [9.17, 15) is 102 Å². The van der Waals surface area contributed by atoms with Crippen LogP contribution in [0.2, 0.25) is 0 Å². The van der Waals surface area contributed by atoms with Crippen LogP contribution in [0.3, 0.4) is 0 Å². The van der Waals surface area contributed by atoms with Crippen LogP contribution in [0.15, 0.2) is 42.0 Å². The number of methoxy groups -OCH3 is 1. The Kier molecular flexibility index (Phi) is 25.3. The average Bonchev–Trinajstić information content (AvgIpc) is 0.668. The molecule has 1 aromatic rings. The predicted octanol–water partition coefficient (Wildman–Crippen LogP) is -3.38. The van der Waals surface area contributed by atoms with Crippen LogP contribution in [0.25, 0.3) is 6.08 Å². The third-order valence-corrected chi connectivity index (χ3v) is 26.9. The second-order valence-corrected chi connectivity index (χ2v) is 33.7. The molecule has 39 atom stereocenters. The maximum Gasteiger partial charge on any atom is 0.331 e. The van der Waals surface area contributed by atoms with Gasteiger partial charge in [-0.15, -0.1) is 0 Å². The van der Waals surface area contributed by atoms with E-state index >= 15 is 4.79 Å². The summed E-state index contributed by atoms with van der Waals surface area (Å²) in [4.78, 5) is 44.7. The molecule has 35 heteroatoms. The molecule has 622 valence electrons. The van der Waals surface area contributed by atoms with Gasteiger partial charge in [-0.05, 0) is 143 Å². The number of benzene rings is 1. The lowest BCUT2D eigenvalue weighted by Crippen LogP contribution is -2.71. The highest BCUT2D eigenvalue weighted by molar-refractivity contribution is 5.87. The lowest BCUT2D eigenvalue weighted by atomic mass is 9.33. The fourth-order valence-corrected chi connectivity index (χ4v) is 20.4. The molecule has 6 saturated heterocycles. The molecule has 0 aromatic heterocycles. The van der Waals surface area contributed by atoms with E-state index in [0.717, 1.165) is 11.6 Å². The maximum atomic E-state index is 16.4. The van der Waals surface area contributed by atoms with Gasteiger partial charge < -0.3 is 158 Å². The van der Waals surface area contributed by atoms with Crippen LogP contribution in [-0.2, 0) is 76.0 Å². The number of carbonyl (C=O) groups is 3. The summed E-state index contributed by atoms with van der Waals surface area (Å²) < 4.78 is 85.3. The fraction of sp³-hybridized carbons (Fsp3) is 0.827. The molecular formula is C75H112O35. The standard InChI is InChI=1S/C75H112O35/c1-30-44(81)48(85)53(90)63(99-30)107-59-58(105-43(80)17-12-33-10-13-34(97-9)14-11-33)32(3)101-67(60(59)108-64-56(93)51(88)57(31(2)100-64)106-62-52(89)47(84)40(28-98-62)104-65-54(91)49(86)45(82)38(26-76)102-65)110-69(96)74-21-20-70(4,5)24-36(74)35-15-16-41-71(6)25-37(79)61(109-66-55(92)50(87)46(83)39(27-77)103-66)73(8,68(94)95)42(71)18-19-72(41,7)75(35,29-78)23-22-74/h10-15,17,30-32,36-42,44-67,76-79,81-93H,16,18-29H2,1-9H3,(H,94,95)/b17-12-/t30-,31-,32+,36-,37-,38+,39+,40+,41+,42+,44-,45-,46+,47-,48+,49-,50-,51-,52+,53+,54+,55+,56+,57-,58-,59-,60+,61-,62-,63-,64-,65-,66-,67-,71+,72+,73-,74-,75-/m0/s1. The second-order valence-electron chi connectivity index (χ2n) is 33.7. The molecule has 35 nitrogen and oxygen atoms in total. The van der Waals surface area contributed by atoms with E-state index in [-0.39, 0.29) is 38.5 Å². The van der Waals surface area contributed by atoms with Crippen molar-refractivity contribution in [2.75, 3.05) is 33.5 Å². The highest BCUT2D eigenvalue weighted by Gasteiger charge is 2.74. The SMILES string of the molecule is COc1ccc(/C=C\C(=O)O[C@@H]2[C@H](O[C@@H]3O[C@@H](C)[C@H](O)[C@@H](O)[C@H]3O)[C@@H](O[C@@H]3O[C@@H](C)[C@H](O[C@@H]4OC[C@@H](O[C@@H]5O[C@H](CO)[C@H](O)[C@H](O)[C@H]5O)[C@H](O)[C@H]4O)[C@@H](O)[C@H]3O)[C@H](OC(=O)[C@]34CCC(C)(C)C[C@H]3C3=CC[C@@H]5[C@@]6(C)C[C@H](O)[C@H](O[C@@H]7O[C@H](CO)[C@@H](O)[C@H](O)[C@H]7O)[C@@](C)(C(=O)O)[C@@H]6CC[C@@]5(C)[C@]3(CO)CC4)O[C@@H]2C)cc1. The van der Waals surface area contributed by atoms with Crippen LogP contribution in [0, 0.1) is 50.2 Å². The number of allylic oxidation sites excluding steroid dienone is 1. The molecule has 0 amide bonds. The van der Waals surface area contributed by atoms with E-state index in [1.807, 2.05) is 13.0 Å². The summed E-state index contributed by atoms with van der Waals surface area (Å²) in [6, 6.07) is 6.64. The van der Waals surface area contributed by atoms with Crippen LogP contribution >= 0.6 is 0 Å². The largest absolute Gasteiger partial charge is 0.497 e. The zero-order valence-electron chi connectivity index (χ0n) is 62.9. The number of hydrogen-bond acceptors (Lipinski definition) is 34. The summed E-state index contributed by atoms with van der Waals surface area (Å²) in [6.07, 6.45) is -47.6. The van der Waals surface area contributed by atoms with E-state index in [2.05, 4.69) is 20.8 Å². The summed E-state index contributed by atoms with van der Waals surface area (Å²) in [7, 11) is 1.48. The van der Waals surface area contributed by atoms with Crippen LogP contribution in [0.4, 0.5) is 0 Å². The Morgan fingerprint density at radius 2 is 1.06 bits per heavy atom. The lowest BCUT2D eigenvalue weighted by molar-refractivity contribution is -0.392. The second kappa shape index (κ2) is 32.7. The third kappa shape index (κ3) is 15.0. The predicted molar refractivity (Wildman–Crippen MR) is 368 cm³/mol. The fourth-order valence-electron chi connectivity index (χ4n) is 20.4. The van der Waals surface area contributed by atoms with Gasteiger partial charge in [-0.2, -0.15) is 0 Å². The van der Waals surface area contributed by atoms with Gasteiger partial charge in [-0.25, -0.2) is 4.79 Å². The summed E-state index contributed by atoms with van der Waals surface area (Å²) in [5.74, 6) is -4.46. The van der Waals surface area contributed by atoms with Gasteiger partial charge >= 0.3 is 17.9 Å². The molecule has 5 aliphatic carbocycles. The number of aliphatic hydroxyl groups excluding tert-OH is 17. The molecule has 0 spiro atoms. The zero-order chi connectivity index (χ0) is 80.1. The Morgan fingerprint density at radius 3 is 1.66 bits per heavy atom. The van der Waals surface area contributed by atoms with E-state index < -0.39 is 285 Å². The smallest absolute Gasteiger partial charge is 0.331 e. The van der Waals surface area contributed by atoms with Gasteiger partial charge in [0.2, 0.25) is 6.29 Å². The highest BCUT2D eigenvalue weighted by atomic mass is 16.8. The number of esters is 2. The molecule has 110 heavy (non-hydrogen) atoms. The lowest BCUT2D eigenvalue weighted by Gasteiger charge is -2.71. The number of aliphatic hydroxyl groups is 17. The van der Waals surface area contributed by atoms with Gasteiger partial charge in [0.1, 0.15) is 122 Å². The molecular weight excluding hydrogens is 1460 g/mol. The number of hydrogen-bond donors (Lipinski definition) is 18. The Labute approximate surface area is 635 Å². The Balaban J connectivity index is 0.857. The number of carboxylic acids is 1. The normalized spacial score (nSPS) is 50.2. The number of rotatable bonds is 20. The van der Waals surface area contributed by atoms with Crippen molar-refractivity contribution in [3.63, 3.8) is 0 Å². The monoisotopic (exact) mass is 1570 g/mol. The minimum Gasteiger partial charge on any atom is -0.497 e. The van der Waals surface area contributed by atoms with Crippen molar-refractivity contribution < 1.29 is 173 Å². The number of ether oxygens (including phenoxy) is 14. The molecule has 0 bridgehead atoms. The van der Waals surface area contributed by atoms with Crippen molar-refractivity contribution >= 4 is 24.0 Å². The molecule has 18 N–H and O–H groups in total. The molecule has 0 unspecified atom stereocenters.